The highest BCUT2D eigenvalue weighted by atomic mass is 19.4. The number of carboxylic acid groups (broad SMARTS) is 2. The Morgan fingerprint density at radius 2 is 1.44 bits per heavy atom. The van der Waals surface area contributed by atoms with Gasteiger partial charge in [0.1, 0.15) is 5.69 Å². The van der Waals surface area contributed by atoms with Crippen molar-refractivity contribution in [3.05, 3.63) is 47.8 Å². The number of halogens is 7. The lowest BCUT2D eigenvalue weighted by Gasteiger charge is -2.47. The molecule has 2 aromatic heterocycles. The summed E-state index contributed by atoms with van der Waals surface area (Å²) in [7, 11) is 0. The Bertz CT molecular complexity index is 1180. The third kappa shape index (κ3) is 10.1. The molecule has 0 atom stereocenters. The smallest absolute Gasteiger partial charge is 0.475 e. The zero-order valence-corrected chi connectivity index (χ0v) is 21.2. The van der Waals surface area contributed by atoms with E-state index in [1.807, 2.05) is 28.9 Å². The highest BCUT2D eigenvalue weighted by Gasteiger charge is 2.42. The molecular weight excluding hydrogens is 575 g/mol. The summed E-state index contributed by atoms with van der Waals surface area (Å²) in [6.07, 6.45) is -6.33. The van der Waals surface area contributed by atoms with E-state index in [0.29, 0.717) is 44.4 Å². The Morgan fingerprint density at radius 1 is 0.927 bits per heavy atom. The maximum absolute atomic E-state index is 13.1. The van der Waals surface area contributed by atoms with E-state index < -0.39 is 30.1 Å². The number of ether oxygens (including phenoxy) is 1. The SMILES string of the molecule is Cc1cccc(C(=O)N2CCC3(CC2)CN(c2ncc(F)cn2)CCO3)n1.O=C(O)C(F)(F)F.O=C(O)C(F)(F)F. The molecule has 2 aromatic rings. The van der Waals surface area contributed by atoms with Gasteiger partial charge in [-0.2, -0.15) is 26.3 Å². The van der Waals surface area contributed by atoms with Crippen molar-refractivity contribution in [3.63, 3.8) is 0 Å². The number of carbonyl (C=O) groups is 3. The van der Waals surface area contributed by atoms with E-state index in [1.54, 1.807) is 6.07 Å². The summed E-state index contributed by atoms with van der Waals surface area (Å²) in [5, 5.41) is 14.2. The fraction of sp³-hybridized carbons (Fsp3) is 0.478. The van der Waals surface area contributed by atoms with Crippen LogP contribution in [-0.4, -0.2) is 98.7 Å². The van der Waals surface area contributed by atoms with Crippen LogP contribution in [0.5, 0.6) is 0 Å². The van der Waals surface area contributed by atoms with Gasteiger partial charge in [0.15, 0.2) is 5.82 Å². The Kier molecular flexibility index (Phi) is 10.9. The number of rotatable bonds is 2. The summed E-state index contributed by atoms with van der Waals surface area (Å²) in [6, 6.07) is 5.49. The van der Waals surface area contributed by atoms with Crippen LogP contribution >= 0.6 is 0 Å². The molecule has 2 N–H and O–H groups in total. The summed E-state index contributed by atoms with van der Waals surface area (Å²) in [6.45, 7) is 4.99. The van der Waals surface area contributed by atoms with Crippen LogP contribution in [0.4, 0.5) is 36.7 Å². The first-order chi connectivity index (χ1) is 18.9. The van der Waals surface area contributed by atoms with Crippen molar-refractivity contribution >= 4 is 23.8 Å². The van der Waals surface area contributed by atoms with E-state index in [4.69, 9.17) is 24.5 Å². The fourth-order valence-corrected chi connectivity index (χ4v) is 3.73. The number of alkyl halides is 6. The second kappa shape index (κ2) is 13.5. The highest BCUT2D eigenvalue weighted by molar-refractivity contribution is 5.92. The third-order valence-corrected chi connectivity index (χ3v) is 5.69. The van der Waals surface area contributed by atoms with Gasteiger partial charge in [0.2, 0.25) is 5.95 Å². The standard InChI is InChI=1S/C19H22FN5O2.2C2HF3O2/c1-14-3-2-4-16(23-14)17(26)24-7-5-19(6-8-24)13-25(9-10-27-19)18-21-11-15(20)12-22-18;2*3-2(4,5)1(6)7/h2-4,11-12H,5-10,13H2,1H3;2*(H,6,7). The van der Waals surface area contributed by atoms with Crippen molar-refractivity contribution in [3.8, 4) is 0 Å². The average Bonchev–Trinajstić information content (AvgIpc) is 2.89. The number of aliphatic carboxylic acids is 2. The fourth-order valence-electron chi connectivity index (χ4n) is 3.73. The number of pyridine rings is 1. The van der Waals surface area contributed by atoms with Gasteiger partial charge in [0, 0.05) is 25.3 Å². The highest BCUT2D eigenvalue weighted by Crippen LogP contribution is 2.31. The predicted octanol–water partition coefficient (Wildman–Crippen LogP) is 3.10. The zero-order chi connectivity index (χ0) is 31.0. The topological polar surface area (TPSA) is 146 Å². The maximum atomic E-state index is 13.1. The van der Waals surface area contributed by atoms with E-state index in [-0.39, 0.29) is 11.5 Å². The van der Waals surface area contributed by atoms with Crippen LogP contribution in [0.3, 0.4) is 0 Å². The number of carboxylic acids is 2. The Balaban J connectivity index is 0.000000349. The van der Waals surface area contributed by atoms with Gasteiger partial charge in [-0.25, -0.2) is 28.9 Å². The van der Waals surface area contributed by atoms with Crippen molar-refractivity contribution in [2.24, 2.45) is 0 Å². The molecule has 0 radical (unpaired) electrons. The van der Waals surface area contributed by atoms with Crippen molar-refractivity contribution in [1.29, 1.82) is 0 Å². The van der Waals surface area contributed by atoms with Crippen molar-refractivity contribution < 1.29 is 60.1 Å². The minimum absolute atomic E-state index is 0.0388. The van der Waals surface area contributed by atoms with Crippen molar-refractivity contribution in [2.75, 3.05) is 37.7 Å². The number of aromatic nitrogens is 3. The Labute approximate surface area is 227 Å². The number of likely N-dealkylation sites (tertiary alicyclic amines) is 1. The number of amides is 1. The summed E-state index contributed by atoms with van der Waals surface area (Å²) >= 11 is 0. The first kappa shape index (κ1) is 33.1. The quantitative estimate of drug-likeness (QED) is 0.494. The average molecular weight is 599 g/mol. The molecule has 1 amide bonds. The lowest BCUT2D eigenvalue weighted by Crippen LogP contribution is -2.58. The number of hydrogen-bond acceptors (Lipinski definition) is 8. The number of anilines is 1. The van der Waals surface area contributed by atoms with Crippen LogP contribution < -0.4 is 4.90 Å². The van der Waals surface area contributed by atoms with Crippen LogP contribution in [0.2, 0.25) is 0 Å². The molecule has 1 spiro atoms. The molecule has 18 heteroatoms. The van der Waals surface area contributed by atoms with Crippen LogP contribution in [0.1, 0.15) is 29.0 Å². The van der Waals surface area contributed by atoms with E-state index in [1.165, 1.54) is 12.4 Å². The number of morpholine rings is 1. The normalized spacial score (nSPS) is 16.6. The summed E-state index contributed by atoms with van der Waals surface area (Å²) < 4.78 is 82.7. The molecule has 41 heavy (non-hydrogen) atoms. The molecular formula is C23H24F7N5O6. The Morgan fingerprint density at radius 3 is 1.90 bits per heavy atom. The van der Waals surface area contributed by atoms with Crippen molar-refractivity contribution in [2.45, 2.75) is 37.7 Å². The minimum Gasteiger partial charge on any atom is -0.475 e. The van der Waals surface area contributed by atoms with Crippen LogP contribution in [-0.2, 0) is 14.3 Å². The van der Waals surface area contributed by atoms with Gasteiger partial charge in [-0.05, 0) is 31.9 Å². The van der Waals surface area contributed by atoms with Gasteiger partial charge in [-0.1, -0.05) is 6.07 Å². The molecule has 11 nitrogen and oxygen atoms in total. The number of aryl methyl sites for hydroxylation is 1. The molecule has 2 aliphatic rings. The van der Waals surface area contributed by atoms with E-state index in [0.717, 1.165) is 18.5 Å². The number of hydrogen-bond donors (Lipinski definition) is 2. The summed E-state index contributed by atoms with van der Waals surface area (Å²) in [4.78, 5) is 46.9. The molecule has 0 bridgehead atoms. The molecule has 0 aliphatic carbocycles. The van der Waals surface area contributed by atoms with Gasteiger partial charge in [0.25, 0.3) is 5.91 Å². The molecule has 2 aliphatic heterocycles. The lowest BCUT2D eigenvalue weighted by atomic mass is 9.89. The minimum atomic E-state index is -5.08. The van der Waals surface area contributed by atoms with Gasteiger partial charge >= 0.3 is 24.3 Å². The van der Waals surface area contributed by atoms with E-state index in [9.17, 15) is 35.5 Å². The van der Waals surface area contributed by atoms with Gasteiger partial charge in [-0.15, -0.1) is 0 Å². The summed E-state index contributed by atoms with van der Waals surface area (Å²) in [5.74, 6) is -5.48. The molecule has 4 heterocycles. The second-order valence-electron chi connectivity index (χ2n) is 8.72. The largest absolute Gasteiger partial charge is 0.490 e. The van der Waals surface area contributed by atoms with Crippen molar-refractivity contribution in [1.82, 2.24) is 19.9 Å². The van der Waals surface area contributed by atoms with Crippen LogP contribution in [0.15, 0.2) is 30.6 Å². The lowest BCUT2D eigenvalue weighted by molar-refractivity contribution is -0.193. The number of piperidine rings is 1. The molecule has 4 rings (SSSR count). The number of nitrogens with zero attached hydrogens (tertiary/aromatic N) is 5. The second-order valence-corrected chi connectivity index (χ2v) is 8.72. The third-order valence-electron chi connectivity index (χ3n) is 5.69. The number of carbonyl (C=O) groups excluding carboxylic acids is 1. The Hall–Kier alpha value is -4.09. The van der Waals surface area contributed by atoms with Gasteiger partial charge < -0.3 is 24.7 Å². The van der Waals surface area contributed by atoms with Gasteiger partial charge in [-0.3, -0.25) is 4.79 Å². The monoisotopic (exact) mass is 599 g/mol. The van der Waals surface area contributed by atoms with E-state index in [2.05, 4.69) is 15.0 Å². The maximum Gasteiger partial charge on any atom is 0.490 e. The first-order valence-corrected chi connectivity index (χ1v) is 11.6. The molecule has 0 aromatic carbocycles. The van der Waals surface area contributed by atoms with E-state index >= 15 is 0 Å². The van der Waals surface area contributed by atoms with Gasteiger partial charge in [0.05, 0.1) is 31.1 Å². The molecule has 2 saturated heterocycles. The predicted molar refractivity (Wildman–Crippen MR) is 124 cm³/mol. The summed E-state index contributed by atoms with van der Waals surface area (Å²) in [5.41, 5.74) is 0.990. The molecule has 226 valence electrons. The molecule has 0 unspecified atom stereocenters. The molecule has 0 saturated carbocycles. The first-order valence-electron chi connectivity index (χ1n) is 11.6. The molecule has 2 fully saturated rings. The van der Waals surface area contributed by atoms with Crippen LogP contribution in [0, 0.1) is 12.7 Å². The zero-order valence-electron chi connectivity index (χ0n) is 21.2. The van der Waals surface area contributed by atoms with Crippen LogP contribution in [0.25, 0.3) is 0 Å².